The molecule has 1 saturated heterocycles. The van der Waals surface area contributed by atoms with Crippen LogP contribution >= 0.6 is 11.6 Å². The molecule has 13 nitrogen and oxygen atoms in total. The zero-order valence-electron chi connectivity index (χ0n) is 22.7. The fourth-order valence-corrected chi connectivity index (χ4v) is 4.28. The second-order valence-electron chi connectivity index (χ2n) is 9.58. The van der Waals surface area contributed by atoms with E-state index in [1.807, 2.05) is 0 Å². The third-order valence-corrected chi connectivity index (χ3v) is 6.39. The lowest BCUT2D eigenvalue weighted by Gasteiger charge is -2.16. The highest BCUT2D eigenvalue weighted by Gasteiger charge is 2.46. The molecule has 1 aliphatic heterocycles. The summed E-state index contributed by atoms with van der Waals surface area (Å²) in [5.41, 5.74) is 1.25. The molecule has 0 radical (unpaired) electrons. The molecular formula is C23H24ClF9N4O9. The maximum atomic E-state index is 12.3. The number of nitrogens with one attached hydrogen (secondary N) is 1. The quantitative estimate of drug-likeness (QED) is 0.218. The van der Waals surface area contributed by atoms with Gasteiger partial charge in [0, 0.05) is 18.2 Å². The summed E-state index contributed by atoms with van der Waals surface area (Å²) in [5, 5.41) is 42.3. The van der Waals surface area contributed by atoms with Crippen molar-refractivity contribution >= 4 is 40.8 Å². The zero-order valence-corrected chi connectivity index (χ0v) is 23.5. The van der Waals surface area contributed by atoms with Crippen LogP contribution in [-0.2, 0) is 30.3 Å². The Morgan fingerprint density at radius 3 is 1.89 bits per heavy atom. The number of nitrogens with zero attached hydrogens (tertiary/aromatic N) is 3. The number of halogens is 10. The molecule has 1 aliphatic carbocycles. The van der Waals surface area contributed by atoms with E-state index in [9.17, 15) is 54.5 Å². The van der Waals surface area contributed by atoms with Gasteiger partial charge < -0.3 is 35.2 Å². The number of carboxylic acids is 2. The molecule has 0 amide bonds. The van der Waals surface area contributed by atoms with Crippen LogP contribution in [0.5, 0.6) is 0 Å². The number of aromatic nitrogens is 3. The van der Waals surface area contributed by atoms with Gasteiger partial charge in [-0.1, -0.05) is 12.8 Å². The van der Waals surface area contributed by atoms with Gasteiger partial charge in [-0.15, -0.1) is 5.10 Å². The summed E-state index contributed by atoms with van der Waals surface area (Å²) < 4.78 is 112. The van der Waals surface area contributed by atoms with E-state index in [1.54, 1.807) is 16.6 Å². The molecule has 4 rings (SSSR count). The summed E-state index contributed by atoms with van der Waals surface area (Å²) in [7, 11) is 0. The van der Waals surface area contributed by atoms with Crippen molar-refractivity contribution < 1.29 is 83.8 Å². The normalized spacial score (nSPS) is 22.0. The SMILES string of the molecule is O=C(O)C(F)(F)F.O=C(O)C(F)(F)F.O=C(OC[C@H]1O[C@H](Cc2ccc3c(NC4CCCC4)nc(Cl)nn23)[C@H](O)[C@@H]1O)C(F)(F)F. The van der Waals surface area contributed by atoms with Crippen LogP contribution in [0.2, 0.25) is 5.28 Å². The molecule has 0 spiro atoms. The number of alkyl halides is 9. The fourth-order valence-electron chi connectivity index (χ4n) is 4.12. The predicted molar refractivity (Wildman–Crippen MR) is 133 cm³/mol. The lowest BCUT2D eigenvalue weighted by Crippen LogP contribution is -2.36. The molecule has 46 heavy (non-hydrogen) atoms. The van der Waals surface area contributed by atoms with Gasteiger partial charge in [-0.2, -0.15) is 44.5 Å². The lowest BCUT2D eigenvalue weighted by atomic mass is 10.0. The summed E-state index contributed by atoms with van der Waals surface area (Å²) in [6.07, 6.45) is -16.1. The zero-order chi connectivity index (χ0) is 35.2. The number of carbonyl (C=O) groups excluding carboxylic acids is 1. The maximum absolute atomic E-state index is 12.3. The minimum Gasteiger partial charge on any atom is -0.475 e. The number of aliphatic hydroxyl groups excluding tert-OH is 2. The van der Waals surface area contributed by atoms with Gasteiger partial charge in [-0.05, 0) is 36.6 Å². The largest absolute Gasteiger partial charge is 0.490 e. The first-order valence-corrected chi connectivity index (χ1v) is 13.1. The first kappa shape index (κ1) is 38.6. The van der Waals surface area contributed by atoms with Gasteiger partial charge in [0.2, 0.25) is 5.28 Å². The van der Waals surface area contributed by atoms with Crippen LogP contribution in [0.1, 0.15) is 31.4 Å². The molecule has 1 saturated carbocycles. The van der Waals surface area contributed by atoms with E-state index in [4.69, 9.17) is 36.1 Å². The molecule has 3 heterocycles. The Hall–Kier alpha value is -3.63. The molecule has 2 aromatic rings. The number of rotatable bonds is 6. The number of hydrogen-bond acceptors (Lipinski definition) is 10. The van der Waals surface area contributed by atoms with Crippen LogP contribution in [0, 0.1) is 0 Å². The molecule has 23 heteroatoms. The Labute approximate surface area is 255 Å². The van der Waals surface area contributed by atoms with Crippen molar-refractivity contribution in [2.24, 2.45) is 0 Å². The highest BCUT2D eigenvalue weighted by Crippen LogP contribution is 2.29. The molecule has 0 aromatic carbocycles. The summed E-state index contributed by atoms with van der Waals surface area (Å²) in [4.78, 5) is 33.0. The molecule has 4 atom stereocenters. The van der Waals surface area contributed by atoms with E-state index in [0.717, 1.165) is 25.7 Å². The van der Waals surface area contributed by atoms with Crippen LogP contribution < -0.4 is 5.32 Å². The fraction of sp³-hybridized carbons (Fsp3) is 0.609. The van der Waals surface area contributed by atoms with Gasteiger partial charge in [-0.3, -0.25) is 0 Å². The van der Waals surface area contributed by atoms with E-state index < -0.39 is 67.5 Å². The van der Waals surface area contributed by atoms with Gasteiger partial charge in [0.15, 0.2) is 5.82 Å². The number of hydrogen-bond donors (Lipinski definition) is 5. The average Bonchev–Trinajstić information content (AvgIpc) is 3.64. The highest BCUT2D eigenvalue weighted by atomic mass is 35.5. The molecule has 2 aliphatic rings. The summed E-state index contributed by atoms with van der Waals surface area (Å²) in [5.74, 6) is -7.33. The summed E-state index contributed by atoms with van der Waals surface area (Å²) in [6.45, 7) is -0.842. The van der Waals surface area contributed by atoms with Crippen molar-refractivity contribution in [3.63, 3.8) is 0 Å². The van der Waals surface area contributed by atoms with Crippen molar-refractivity contribution in [2.75, 3.05) is 11.9 Å². The lowest BCUT2D eigenvalue weighted by molar-refractivity contribution is -0.203. The number of anilines is 1. The first-order chi connectivity index (χ1) is 21.0. The first-order valence-electron chi connectivity index (χ1n) is 12.7. The van der Waals surface area contributed by atoms with Gasteiger partial charge >= 0.3 is 36.4 Å². The number of fused-ring (bicyclic) bond motifs is 1. The Balaban J connectivity index is 0.000000440. The van der Waals surface area contributed by atoms with E-state index in [2.05, 4.69) is 20.1 Å². The Kier molecular flexibility index (Phi) is 12.8. The number of carbonyl (C=O) groups is 3. The highest BCUT2D eigenvalue weighted by molar-refractivity contribution is 6.28. The third-order valence-electron chi connectivity index (χ3n) is 6.23. The van der Waals surface area contributed by atoms with E-state index in [1.165, 1.54) is 0 Å². The average molecular weight is 707 g/mol. The molecule has 0 bridgehead atoms. The van der Waals surface area contributed by atoms with Gasteiger partial charge in [-0.25, -0.2) is 18.9 Å². The van der Waals surface area contributed by atoms with Crippen LogP contribution in [0.4, 0.5) is 45.3 Å². The molecular weight excluding hydrogens is 683 g/mol. The van der Waals surface area contributed by atoms with Crippen molar-refractivity contribution in [3.8, 4) is 0 Å². The summed E-state index contributed by atoms with van der Waals surface area (Å²) >= 11 is 6.09. The minimum absolute atomic E-state index is 0.0142. The van der Waals surface area contributed by atoms with Crippen molar-refractivity contribution in [1.82, 2.24) is 14.6 Å². The number of aliphatic hydroxyl groups is 2. The van der Waals surface area contributed by atoms with E-state index in [0.29, 0.717) is 23.1 Å². The van der Waals surface area contributed by atoms with Crippen molar-refractivity contribution in [2.45, 2.75) is 81.1 Å². The Morgan fingerprint density at radius 1 is 0.913 bits per heavy atom. The van der Waals surface area contributed by atoms with Crippen molar-refractivity contribution in [3.05, 3.63) is 23.1 Å². The van der Waals surface area contributed by atoms with Gasteiger partial charge in [0.1, 0.15) is 30.4 Å². The second-order valence-corrected chi connectivity index (χ2v) is 9.92. The van der Waals surface area contributed by atoms with Crippen LogP contribution in [0.25, 0.3) is 5.52 Å². The maximum Gasteiger partial charge on any atom is 0.490 e. The van der Waals surface area contributed by atoms with Crippen molar-refractivity contribution in [1.29, 1.82) is 0 Å². The van der Waals surface area contributed by atoms with Crippen LogP contribution in [-0.4, -0.2) is 109 Å². The van der Waals surface area contributed by atoms with Crippen LogP contribution in [0.15, 0.2) is 12.1 Å². The number of ether oxygens (including phenoxy) is 2. The Bertz CT molecular complexity index is 1340. The third kappa shape index (κ3) is 11.0. The molecule has 5 N–H and O–H groups in total. The van der Waals surface area contributed by atoms with E-state index >= 15 is 0 Å². The minimum atomic E-state index is -5.16. The second kappa shape index (κ2) is 15.3. The number of aliphatic carboxylic acids is 2. The summed E-state index contributed by atoms with van der Waals surface area (Å²) in [6, 6.07) is 3.81. The van der Waals surface area contributed by atoms with E-state index in [-0.39, 0.29) is 11.7 Å². The van der Waals surface area contributed by atoms with Gasteiger partial charge in [0.05, 0.1) is 6.10 Å². The monoisotopic (exact) mass is 706 g/mol. The molecule has 0 unspecified atom stereocenters. The standard InChI is InChI=1S/C19H22ClF3N4O5.2C2HF3O2/c20-18-25-16(24-9-3-1-2-4-9)11-6-5-10(27(11)26-18)7-12-14(28)15(29)13(32-12)8-31-17(30)19(21,22)23;2*3-2(4,5)1(6)7/h5-6,9,12-15,28-29H,1-4,7-8H2,(H,24,25,26);2*(H,6,7)/t12-,13-,14+,15-;;/m1../s1. The number of esters is 1. The predicted octanol–water partition coefficient (Wildman–Crippen LogP) is 3.14. The van der Waals surface area contributed by atoms with Crippen LogP contribution in [0.3, 0.4) is 0 Å². The topological polar surface area (TPSA) is 193 Å². The molecule has 2 fully saturated rings. The number of carboxylic acid groups (broad SMARTS) is 2. The molecule has 260 valence electrons. The molecule has 2 aromatic heterocycles. The van der Waals surface area contributed by atoms with Gasteiger partial charge in [0.25, 0.3) is 0 Å². The smallest absolute Gasteiger partial charge is 0.475 e. The Morgan fingerprint density at radius 2 is 1.41 bits per heavy atom.